The summed E-state index contributed by atoms with van der Waals surface area (Å²) in [5.41, 5.74) is 8.24. The second kappa shape index (κ2) is 12.0. The fourth-order valence-corrected chi connectivity index (χ4v) is 3.72. The molecule has 0 spiro atoms. The van der Waals surface area contributed by atoms with E-state index in [9.17, 15) is 0 Å². The first kappa shape index (κ1) is 21.8. The summed E-state index contributed by atoms with van der Waals surface area (Å²) in [5.74, 6) is 0. The van der Waals surface area contributed by atoms with Crippen molar-refractivity contribution in [3.63, 3.8) is 0 Å². The summed E-state index contributed by atoms with van der Waals surface area (Å²) in [6, 6.07) is 27.2. The lowest BCUT2D eigenvalue weighted by molar-refractivity contribution is 0.951. The van der Waals surface area contributed by atoms with E-state index in [0.717, 1.165) is 38.5 Å². The van der Waals surface area contributed by atoms with Gasteiger partial charge in [0.2, 0.25) is 0 Å². The van der Waals surface area contributed by atoms with E-state index in [4.69, 9.17) is 0 Å². The maximum Gasteiger partial charge on any atom is -0.0184 e. The predicted molar refractivity (Wildman–Crippen MR) is 132 cm³/mol. The molecule has 0 amide bonds. The zero-order valence-electron chi connectivity index (χ0n) is 18.5. The molecule has 154 valence electrons. The van der Waals surface area contributed by atoms with Crippen LogP contribution in [-0.4, -0.2) is 0 Å². The fraction of sp³-hybridized carbons (Fsp3) is 0.267. The van der Waals surface area contributed by atoms with Gasteiger partial charge in [0, 0.05) is 0 Å². The SMILES string of the molecule is CC=CCCc1ccc(CCc2ccc(-c3ccc(CCC=CC)cc3)cc2)cc1. The van der Waals surface area contributed by atoms with E-state index in [1.165, 1.54) is 33.4 Å². The van der Waals surface area contributed by atoms with Crippen LogP contribution >= 0.6 is 0 Å². The summed E-state index contributed by atoms with van der Waals surface area (Å²) in [5, 5.41) is 0. The first-order valence-electron chi connectivity index (χ1n) is 11.3. The highest BCUT2D eigenvalue weighted by Gasteiger charge is 2.01. The van der Waals surface area contributed by atoms with Crippen molar-refractivity contribution in [3.05, 3.63) is 119 Å². The molecule has 3 aromatic rings. The molecular weight excluding hydrogens is 360 g/mol. The Bertz CT molecular complexity index is 923. The third-order valence-electron chi connectivity index (χ3n) is 5.64. The first-order valence-corrected chi connectivity index (χ1v) is 11.3. The number of rotatable bonds is 10. The van der Waals surface area contributed by atoms with E-state index in [-0.39, 0.29) is 0 Å². The zero-order valence-corrected chi connectivity index (χ0v) is 18.5. The Labute approximate surface area is 183 Å². The minimum absolute atomic E-state index is 1.09. The van der Waals surface area contributed by atoms with Gasteiger partial charge >= 0.3 is 0 Å². The van der Waals surface area contributed by atoms with Crippen LogP contribution in [0.3, 0.4) is 0 Å². The molecule has 0 fully saturated rings. The van der Waals surface area contributed by atoms with Gasteiger partial charge in [-0.15, -0.1) is 0 Å². The highest BCUT2D eigenvalue weighted by atomic mass is 14.1. The smallest absolute Gasteiger partial charge is 0.0184 e. The van der Waals surface area contributed by atoms with Crippen molar-refractivity contribution < 1.29 is 0 Å². The lowest BCUT2D eigenvalue weighted by atomic mass is 9.98. The van der Waals surface area contributed by atoms with Crippen LogP contribution in [0.2, 0.25) is 0 Å². The summed E-state index contributed by atoms with van der Waals surface area (Å²) >= 11 is 0. The molecule has 0 heterocycles. The van der Waals surface area contributed by atoms with E-state index in [0.29, 0.717) is 0 Å². The molecule has 0 saturated heterocycles. The van der Waals surface area contributed by atoms with Crippen LogP contribution in [0.15, 0.2) is 97.1 Å². The van der Waals surface area contributed by atoms with Gasteiger partial charge in [-0.2, -0.15) is 0 Å². The van der Waals surface area contributed by atoms with Gasteiger partial charge in [0.25, 0.3) is 0 Å². The molecule has 0 radical (unpaired) electrons. The molecule has 30 heavy (non-hydrogen) atoms. The summed E-state index contributed by atoms with van der Waals surface area (Å²) < 4.78 is 0. The number of allylic oxidation sites excluding steroid dienone is 4. The molecule has 0 N–H and O–H groups in total. The third kappa shape index (κ3) is 6.88. The van der Waals surface area contributed by atoms with E-state index >= 15 is 0 Å². The normalized spacial score (nSPS) is 11.5. The minimum Gasteiger partial charge on any atom is -0.0917 e. The Kier molecular flexibility index (Phi) is 8.72. The third-order valence-corrected chi connectivity index (χ3v) is 5.64. The number of benzene rings is 3. The Morgan fingerprint density at radius 3 is 1.07 bits per heavy atom. The number of hydrogen-bond acceptors (Lipinski definition) is 0. The molecule has 3 aromatic carbocycles. The summed E-state index contributed by atoms with van der Waals surface area (Å²) in [4.78, 5) is 0. The van der Waals surface area contributed by atoms with Crippen molar-refractivity contribution in [3.8, 4) is 11.1 Å². The van der Waals surface area contributed by atoms with Crippen molar-refractivity contribution in [1.29, 1.82) is 0 Å². The molecule has 0 bridgehead atoms. The van der Waals surface area contributed by atoms with Crippen molar-refractivity contribution in [2.24, 2.45) is 0 Å². The van der Waals surface area contributed by atoms with Crippen LogP contribution in [0.1, 0.15) is 48.9 Å². The summed E-state index contributed by atoms with van der Waals surface area (Å²) in [6.45, 7) is 4.16. The molecule has 0 unspecified atom stereocenters. The fourth-order valence-electron chi connectivity index (χ4n) is 3.72. The lowest BCUT2D eigenvalue weighted by Crippen LogP contribution is -1.92. The molecule has 0 aliphatic carbocycles. The van der Waals surface area contributed by atoms with Crippen LogP contribution in [0.25, 0.3) is 11.1 Å². The van der Waals surface area contributed by atoms with Gasteiger partial charge in [-0.05, 0) is 85.8 Å². The van der Waals surface area contributed by atoms with Crippen LogP contribution < -0.4 is 0 Å². The van der Waals surface area contributed by atoms with Crippen molar-refractivity contribution in [2.75, 3.05) is 0 Å². The summed E-state index contributed by atoms with van der Waals surface area (Å²) in [6.07, 6.45) is 15.4. The van der Waals surface area contributed by atoms with Crippen LogP contribution in [0.4, 0.5) is 0 Å². The van der Waals surface area contributed by atoms with E-state index < -0.39 is 0 Å². The van der Waals surface area contributed by atoms with Crippen molar-refractivity contribution in [1.82, 2.24) is 0 Å². The average molecular weight is 395 g/mol. The topological polar surface area (TPSA) is 0 Å². The maximum absolute atomic E-state index is 2.29. The second-order valence-electron chi connectivity index (χ2n) is 7.93. The standard InChI is InChI=1S/C30H34/c1-3-5-7-9-25-11-13-27(14-12-25)15-16-28-19-23-30(24-20-28)29-21-17-26(18-22-29)10-8-6-4-2/h3-6,11-14,17-24H,7-10,15-16H2,1-2H3. The number of hydrogen-bond donors (Lipinski definition) is 0. The Hall–Kier alpha value is -2.86. The number of aryl methyl sites for hydroxylation is 4. The van der Waals surface area contributed by atoms with Gasteiger partial charge in [-0.3, -0.25) is 0 Å². The van der Waals surface area contributed by atoms with Gasteiger partial charge in [0.1, 0.15) is 0 Å². The average Bonchev–Trinajstić information content (AvgIpc) is 2.80. The molecule has 0 saturated carbocycles. The highest BCUT2D eigenvalue weighted by molar-refractivity contribution is 5.64. The predicted octanol–water partition coefficient (Wildman–Crippen LogP) is 8.16. The van der Waals surface area contributed by atoms with Crippen LogP contribution in [0.5, 0.6) is 0 Å². The Morgan fingerprint density at radius 2 is 0.733 bits per heavy atom. The first-order chi connectivity index (χ1) is 14.8. The Morgan fingerprint density at radius 1 is 0.433 bits per heavy atom. The lowest BCUT2D eigenvalue weighted by Gasteiger charge is -2.07. The molecule has 0 aliphatic rings. The molecule has 0 aliphatic heterocycles. The quantitative estimate of drug-likeness (QED) is 0.304. The molecule has 0 atom stereocenters. The van der Waals surface area contributed by atoms with E-state index in [1.54, 1.807) is 0 Å². The van der Waals surface area contributed by atoms with Crippen LogP contribution in [-0.2, 0) is 25.7 Å². The highest BCUT2D eigenvalue weighted by Crippen LogP contribution is 2.21. The van der Waals surface area contributed by atoms with Gasteiger partial charge in [0.15, 0.2) is 0 Å². The van der Waals surface area contributed by atoms with E-state index in [2.05, 4.69) is 111 Å². The molecular formula is C30H34. The molecule has 0 nitrogen and oxygen atoms in total. The van der Waals surface area contributed by atoms with Gasteiger partial charge < -0.3 is 0 Å². The Balaban J connectivity index is 1.52. The van der Waals surface area contributed by atoms with Gasteiger partial charge in [-0.1, -0.05) is 97.1 Å². The second-order valence-corrected chi connectivity index (χ2v) is 7.93. The van der Waals surface area contributed by atoms with Gasteiger partial charge in [0.05, 0.1) is 0 Å². The summed E-state index contributed by atoms with van der Waals surface area (Å²) in [7, 11) is 0. The monoisotopic (exact) mass is 394 g/mol. The molecule has 0 heteroatoms. The zero-order chi connectivity index (χ0) is 21.0. The minimum atomic E-state index is 1.09. The maximum atomic E-state index is 2.29. The molecule has 3 rings (SSSR count). The van der Waals surface area contributed by atoms with Crippen LogP contribution in [0, 0.1) is 0 Å². The van der Waals surface area contributed by atoms with Crippen molar-refractivity contribution in [2.45, 2.75) is 52.4 Å². The molecule has 0 aromatic heterocycles. The van der Waals surface area contributed by atoms with Gasteiger partial charge in [-0.25, -0.2) is 0 Å². The van der Waals surface area contributed by atoms with E-state index in [1.807, 2.05) is 0 Å². The largest absolute Gasteiger partial charge is 0.0917 e. The van der Waals surface area contributed by atoms with Crippen molar-refractivity contribution >= 4 is 0 Å².